The molecule has 5 aliphatic rings. The Morgan fingerprint density at radius 1 is 0.850 bits per heavy atom. The first-order valence-electron chi connectivity index (χ1n) is 21.7. The number of aliphatic imine (C=N–C) groups is 1. The van der Waals surface area contributed by atoms with Crippen LogP contribution in [0.25, 0.3) is 16.8 Å². The molecule has 0 bridgehead atoms. The van der Waals surface area contributed by atoms with Crippen LogP contribution in [-0.2, 0) is 34.6 Å². The third-order valence-corrected chi connectivity index (χ3v) is 13.6. The van der Waals surface area contributed by atoms with Gasteiger partial charge in [0.05, 0.1) is 17.6 Å². The van der Waals surface area contributed by atoms with E-state index in [2.05, 4.69) is 72.3 Å². The minimum Gasteiger partial charge on any atom is -0.322 e. The topological polar surface area (TPSA) is 131 Å². The minimum absolute atomic E-state index is 0.0963. The molecule has 1 atom stereocenters. The van der Waals surface area contributed by atoms with Gasteiger partial charge >= 0.3 is 0 Å². The third kappa shape index (κ3) is 7.38. The highest BCUT2D eigenvalue weighted by Gasteiger charge is 2.51. The number of nitrogens with one attached hydrogen (secondary N) is 1. The number of aryl methyl sites for hydroxylation is 2. The maximum Gasteiger partial charge on any atom is 0.255 e. The number of benzene rings is 3. The van der Waals surface area contributed by atoms with Gasteiger partial charge in [0, 0.05) is 53.0 Å². The van der Waals surface area contributed by atoms with E-state index in [9.17, 15) is 14.4 Å². The summed E-state index contributed by atoms with van der Waals surface area (Å²) in [6, 6.07) is 20.0. The van der Waals surface area contributed by atoms with Gasteiger partial charge in [-0.05, 0) is 131 Å². The second kappa shape index (κ2) is 15.9. The molecule has 6 heterocycles. The average molecular weight is 824 g/mol. The number of imide groups is 1. The Kier molecular flexibility index (Phi) is 10.2. The number of amides is 3. The molecule has 308 valence electrons. The van der Waals surface area contributed by atoms with Crippen LogP contribution in [0.2, 0.25) is 5.02 Å². The molecule has 3 aromatic carbocycles. The first kappa shape index (κ1) is 38.7. The number of hydrogen-bond donors (Lipinski definition) is 1. The van der Waals surface area contributed by atoms with Gasteiger partial charge in [-0.25, -0.2) is 0 Å². The molecule has 1 aliphatic carbocycles. The first-order chi connectivity index (χ1) is 29.2. The Hall–Kier alpha value is -5.46. The van der Waals surface area contributed by atoms with E-state index in [4.69, 9.17) is 21.7 Å². The van der Waals surface area contributed by atoms with E-state index in [-0.39, 0.29) is 29.7 Å². The van der Waals surface area contributed by atoms with E-state index in [0.29, 0.717) is 29.5 Å². The van der Waals surface area contributed by atoms with E-state index in [1.165, 1.54) is 24.8 Å². The lowest BCUT2D eigenvalue weighted by molar-refractivity contribution is -0.136. The van der Waals surface area contributed by atoms with Crippen molar-refractivity contribution >= 4 is 35.0 Å². The molecule has 4 aliphatic heterocycles. The molecule has 5 aromatic rings. The van der Waals surface area contributed by atoms with Crippen LogP contribution in [0.15, 0.2) is 78.0 Å². The molecule has 10 rings (SSSR count). The molecule has 3 amide bonds. The van der Waals surface area contributed by atoms with Crippen LogP contribution < -0.4 is 5.32 Å². The number of fused-ring (bicyclic) bond motifs is 5. The predicted octanol–water partition coefficient (Wildman–Crippen LogP) is 7.21. The summed E-state index contributed by atoms with van der Waals surface area (Å²) in [5.74, 6) is 1.64. The Bertz CT molecular complexity index is 2510. The lowest BCUT2D eigenvalue weighted by Gasteiger charge is -2.32. The zero-order valence-electron chi connectivity index (χ0n) is 34.1. The molecule has 1 unspecified atom stereocenters. The van der Waals surface area contributed by atoms with Crippen LogP contribution in [0.3, 0.4) is 0 Å². The Labute approximate surface area is 355 Å². The molecule has 1 N–H and O–H groups in total. The summed E-state index contributed by atoms with van der Waals surface area (Å²) in [6.45, 7) is 6.69. The number of hydrogen-bond acceptors (Lipinski definition) is 8. The molecule has 0 radical (unpaired) electrons. The number of unbranched alkanes of at least 4 members (excludes halogenated alkanes) is 3. The first-order valence-corrected chi connectivity index (χ1v) is 22.0. The maximum absolute atomic E-state index is 13.3. The van der Waals surface area contributed by atoms with Crippen molar-refractivity contribution in [3.63, 3.8) is 0 Å². The summed E-state index contributed by atoms with van der Waals surface area (Å²) in [7, 11) is 0. The highest BCUT2D eigenvalue weighted by atomic mass is 35.5. The summed E-state index contributed by atoms with van der Waals surface area (Å²) in [5, 5.41) is 16.9. The quantitative estimate of drug-likeness (QED) is 0.104. The number of aromatic nitrogens is 5. The van der Waals surface area contributed by atoms with Crippen molar-refractivity contribution in [2.24, 2.45) is 10.9 Å². The largest absolute Gasteiger partial charge is 0.322 e. The van der Waals surface area contributed by atoms with Crippen LogP contribution in [-0.4, -0.2) is 83.5 Å². The summed E-state index contributed by atoms with van der Waals surface area (Å²) in [4.78, 5) is 47.2. The lowest BCUT2D eigenvalue weighted by Crippen LogP contribution is -2.52. The zero-order valence-corrected chi connectivity index (χ0v) is 34.8. The summed E-state index contributed by atoms with van der Waals surface area (Å²) in [5.41, 5.74) is 8.92. The van der Waals surface area contributed by atoms with E-state index in [0.717, 1.165) is 116 Å². The van der Waals surface area contributed by atoms with Crippen molar-refractivity contribution in [1.29, 1.82) is 0 Å². The molecular formula is C47H50ClN9O3. The second-order valence-electron chi connectivity index (χ2n) is 17.4. The number of nitrogens with zero attached hydrogens (tertiary/aromatic N) is 8. The number of piperidine rings is 2. The average Bonchev–Trinajstić information content (AvgIpc) is 3.53. The molecule has 2 aromatic heterocycles. The molecule has 60 heavy (non-hydrogen) atoms. The second-order valence-corrected chi connectivity index (χ2v) is 17.8. The van der Waals surface area contributed by atoms with Crippen molar-refractivity contribution in [2.45, 2.75) is 102 Å². The van der Waals surface area contributed by atoms with Gasteiger partial charge in [0.2, 0.25) is 11.8 Å². The highest BCUT2D eigenvalue weighted by molar-refractivity contribution is 6.30. The number of halogens is 1. The third-order valence-electron chi connectivity index (χ3n) is 13.4. The monoisotopic (exact) mass is 823 g/mol. The van der Waals surface area contributed by atoms with Crippen molar-refractivity contribution in [3.8, 4) is 16.8 Å². The van der Waals surface area contributed by atoms with Crippen LogP contribution in [0.4, 0.5) is 0 Å². The summed E-state index contributed by atoms with van der Waals surface area (Å²) in [6.07, 6.45) is 14.6. The maximum atomic E-state index is 13.3. The molecular weight excluding hydrogens is 774 g/mol. The van der Waals surface area contributed by atoms with Crippen molar-refractivity contribution < 1.29 is 14.4 Å². The van der Waals surface area contributed by atoms with Crippen LogP contribution in [0.5, 0.6) is 0 Å². The van der Waals surface area contributed by atoms with E-state index in [1.54, 1.807) is 4.90 Å². The van der Waals surface area contributed by atoms with Crippen LogP contribution in [0, 0.1) is 12.8 Å². The van der Waals surface area contributed by atoms with Gasteiger partial charge in [-0.1, -0.05) is 54.8 Å². The Morgan fingerprint density at radius 2 is 1.63 bits per heavy atom. The molecule has 2 saturated heterocycles. The number of carbonyl (C=O) groups excluding carboxylic acids is 3. The van der Waals surface area contributed by atoms with Crippen LogP contribution >= 0.6 is 11.6 Å². The van der Waals surface area contributed by atoms with Gasteiger partial charge < -0.3 is 9.80 Å². The SMILES string of the molecule is Cc1nnc2n1-c1ccc(-c3cnn(CCCCCCN4CCC(Cc5cccc6c5CN(C5CCC(=O)NC5=O)C6=O)CC4)c3)cc1C(c1ccc(Cl)cc1)=NC21CC1. The summed E-state index contributed by atoms with van der Waals surface area (Å²) >= 11 is 6.30. The van der Waals surface area contributed by atoms with Gasteiger partial charge in [-0.15, -0.1) is 10.2 Å². The highest BCUT2D eigenvalue weighted by Crippen LogP contribution is 2.52. The standard InChI is InChI=1S/C47H50ClN9O3/c1-30-52-53-46-47(19-20-47)51-43(32-9-12-36(48)13-10-32)38-26-33(11-14-40(38)57(30)46)35-27-49-55(28-35)22-5-3-2-4-21-54-23-17-31(18-24-54)25-34-7-6-8-37-39(34)29-56(45(37)60)41-15-16-42(58)50-44(41)59/h6-14,26-28,31,41H,2-5,15-25,29H2,1H3,(H,50,58,59). The zero-order chi connectivity index (χ0) is 41.0. The van der Waals surface area contributed by atoms with E-state index >= 15 is 0 Å². The molecule has 3 fully saturated rings. The molecule has 13 heteroatoms. The van der Waals surface area contributed by atoms with Gasteiger partial charge in [0.15, 0.2) is 5.82 Å². The Morgan fingerprint density at radius 3 is 2.42 bits per heavy atom. The lowest BCUT2D eigenvalue weighted by atomic mass is 9.87. The van der Waals surface area contributed by atoms with Gasteiger partial charge in [-0.2, -0.15) is 5.10 Å². The number of rotatable bonds is 12. The van der Waals surface area contributed by atoms with Crippen molar-refractivity contribution in [3.05, 3.63) is 118 Å². The van der Waals surface area contributed by atoms with Crippen LogP contribution in [0.1, 0.15) is 108 Å². The smallest absolute Gasteiger partial charge is 0.255 e. The fourth-order valence-corrected chi connectivity index (χ4v) is 9.95. The normalized spacial score (nSPS) is 19.8. The Balaban J connectivity index is 0.702. The van der Waals surface area contributed by atoms with Crippen molar-refractivity contribution in [1.82, 2.24) is 39.7 Å². The molecule has 1 spiro atoms. The van der Waals surface area contributed by atoms with Gasteiger partial charge in [0.1, 0.15) is 17.4 Å². The fraction of sp³-hybridized carbons (Fsp3) is 0.426. The summed E-state index contributed by atoms with van der Waals surface area (Å²) < 4.78 is 4.26. The van der Waals surface area contributed by atoms with E-state index < -0.39 is 6.04 Å². The van der Waals surface area contributed by atoms with Crippen molar-refractivity contribution in [2.75, 3.05) is 19.6 Å². The fourth-order valence-electron chi connectivity index (χ4n) is 9.82. The number of carbonyl (C=O) groups is 3. The van der Waals surface area contributed by atoms with Gasteiger partial charge in [-0.3, -0.25) is 33.9 Å². The van der Waals surface area contributed by atoms with Gasteiger partial charge in [0.25, 0.3) is 5.91 Å². The number of likely N-dealkylation sites (tertiary alicyclic amines) is 1. The van der Waals surface area contributed by atoms with E-state index in [1.807, 2.05) is 37.4 Å². The molecule has 1 saturated carbocycles. The minimum atomic E-state index is -0.578. The predicted molar refractivity (Wildman–Crippen MR) is 229 cm³/mol. The molecule has 12 nitrogen and oxygen atoms in total.